The number of carbonyl (C=O) groups is 2. The van der Waals surface area contributed by atoms with Crippen LogP contribution in [-0.4, -0.2) is 20.2 Å². The van der Waals surface area contributed by atoms with Crippen LogP contribution in [0.2, 0.25) is 5.02 Å². The lowest BCUT2D eigenvalue weighted by atomic mass is 10.1. The van der Waals surface area contributed by atoms with Gasteiger partial charge in [0.15, 0.2) is 5.78 Å². The Morgan fingerprint density at radius 3 is 2.33 bits per heavy atom. The molecule has 0 spiro atoms. The summed E-state index contributed by atoms with van der Waals surface area (Å²) in [6.07, 6.45) is 0. The number of rotatable bonds is 4. The molecule has 1 aliphatic rings. The van der Waals surface area contributed by atoms with E-state index < -0.39 is 16.1 Å². The third-order valence-electron chi connectivity index (χ3n) is 4.82. The first-order valence-electron chi connectivity index (χ1n) is 9.10. The Kier molecular flexibility index (Phi) is 5.09. The van der Waals surface area contributed by atoms with Crippen LogP contribution in [0.4, 0.5) is 16.2 Å². The lowest BCUT2D eigenvalue weighted by molar-refractivity contribution is 0.101. The van der Waals surface area contributed by atoms with Gasteiger partial charge in [0.2, 0.25) is 0 Å². The van der Waals surface area contributed by atoms with E-state index in [4.69, 9.17) is 11.6 Å². The van der Waals surface area contributed by atoms with Crippen LogP contribution in [0.3, 0.4) is 0 Å². The topological polar surface area (TPSA) is 74.8 Å². The Labute approximate surface area is 179 Å². The SMILES string of the molecule is CC(=O)c1ccc(N2C(=O)N(Cc3cccc(Cl)c3)c3ccccc3S2(=O)=O)cc1. The summed E-state index contributed by atoms with van der Waals surface area (Å²) in [6, 6.07) is 18.6. The summed E-state index contributed by atoms with van der Waals surface area (Å²) >= 11 is 6.07. The average Bonchev–Trinajstić information content (AvgIpc) is 2.71. The number of urea groups is 1. The predicted molar refractivity (Wildman–Crippen MR) is 116 cm³/mol. The number of carbonyl (C=O) groups excluding carboxylic acids is 2. The summed E-state index contributed by atoms with van der Waals surface area (Å²) in [7, 11) is -4.12. The third kappa shape index (κ3) is 3.46. The van der Waals surface area contributed by atoms with E-state index in [2.05, 4.69) is 0 Å². The molecular weight excluding hydrogens is 424 g/mol. The molecule has 0 atom stereocenters. The van der Waals surface area contributed by atoms with Crippen molar-refractivity contribution in [2.45, 2.75) is 18.4 Å². The maximum Gasteiger partial charge on any atom is 0.343 e. The van der Waals surface area contributed by atoms with Crippen molar-refractivity contribution in [2.75, 3.05) is 9.21 Å². The van der Waals surface area contributed by atoms with Crippen LogP contribution in [0, 0.1) is 0 Å². The van der Waals surface area contributed by atoms with Crippen LogP contribution in [0.1, 0.15) is 22.8 Å². The number of para-hydroxylation sites is 1. The van der Waals surface area contributed by atoms with Gasteiger partial charge in [0.25, 0.3) is 10.0 Å². The van der Waals surface area contributed by atoms with Gasteiger partial charge in [0.05, 0.1) is 17.9 Å². The molecule has 3 aromatic rings. The molecule has 0 aliphatic carbocycles. The highest BCUT2D eigenvalue weighted by atomic mass is 35.5. The number of nitrogens with zero attached hydrogens (tertiary/aromatic N) is 2. The van der Waals surface area contributed by atoms with Gasteiger partial charge in [-0.15, -0.1) is 0 Å². The minimum atomic E-state index is -4.12. The third-order valence-corrected chi connectivity index (χ3v) is 6.80. The quantitative estimate of drug-likeness (QED) is 0.542. The number of benzene rings is 3. The summed E-state index contributed by atoms with van der Waals surface area (Å²) in [5.74, 6) is -0.151. The Hall–Kier alpha value is -3.16. The molecule has 3 aromatic carbocycles. The van der Waals surface area contributed by atoms with E-state index in [1.165, 1.54) is 42.2 Å². The number of ketones is 1. The fraction of sp³-hybridized carbons (Fsp3) is 0.0909. The highest BCUT2D eigenvalue weighted by Gasteiger charge is 2.42. The van der Waals surface area contributed by atoms with Gasteiger partial charge in [-0.2, -0.15) is 4.31 Å². The molecule has 0 N–H and O–H groups in total. The second-order valence-electron chi connectivity index (χ2n) is 6.84. The van der Waals surface area contributed by atoms with Crippen molar-refractivity contribution >= 4 is 44.8 Å². The van der Waals surface area contributed by atoms with E-state index >= 15 is 0 Å². The van der Waals surface area contributed by atoms with Gasteiger partial charge in [0.1, 0.15) is 4.90 Å². The van der Waals surface area contributed by atoms with E-state index in [0.717, 1.165) is 9.87 Å². The van der Waals surface area contributed by atoms with Crippen molar-refractivity contribution in [3.8, 4) is 0 Å². The molecule has 0 aromatic heterocycles. The molecule has 1 aliphatic heterocycles. The number of amides is 2. The molecule has 152 valence electrons. The zero-order chi connectivity index (χ0) is 21.5. The van der Waals surface area contributed by atoms with Crippen molar-refractivity contribution in [1.82, 2.24) is 0 Å². The Morgan fingerprint density at radius 1 is 0.967 bits per heavy atom. The number of Topliss-reactive ketones (excluding diaryl/α,β-unsaturated/α-hetero) is 1. The van der Waals surface area contributed by atoms with Crippen LogP contribution in [0.5, 0.6) is 0 Å². The Balaban J connectivity index is 1.84. The molecular formula is C22H17ClN2O4S. The van der Waals surface area contributed by atoms with Crippen LogP contribution in [0.25, 0.3) is 0 Å². The standard InChI is InChI=1S/C22H17ClN2O4S/c1-15(26)17-9-11-19(12-10-17)25-22(27)24(14-16-5-4-6-18(23)13-16)20-7-2-3-8-21(20)30(25,28)29/h2-13H,14H2,1H3. The number of anilines is 2. The van der Waals surface area contributed by atoms with E-state index in [1.807, 2.05) is 6.07 Å². The summed E-state index contributed by atoms with van der Waals surface area (Å²) in [5.41, 5.74) is 1.66. The minimum Gasteiger partial charge on any atom is -0.295 e. The number of hydrogen-bond donors (Lipinski definition) is 0. The van der Waals surface area contributed by atoms with Gasteiger partial charge in [-0.1, -0.05) is 35.9 Å². The second kappa shape index (κ2) is 7.59. The summed E-state index contributed by atoms with van der Waals surface area (Å²) in [4.78, 5) is 26.4. The first-order chi connectivity index (χ1) is 14.3. The molecule has 0 unspecified atom stereocenters. The van der Waals surface area contributed by atoms with Gasteiger partial charge in [-0.25, -0.2) is 13.2 Å². The first-order valence-corrected chi connectivity index (χ1v) is 10.9. The van der Waals surface area contributed by atoms with Crippen molar-refractivity contribution in [2.24, 2.45) is 0 Å². The lowest BCUT2D eigenvalue weighted by Crippen LogP contribution is -2.50. The van der Waals surface area contributed by atoms with Gasteiger partial charge < -0.3 is 0 Å². The minimum absolute atomic E-state index is 0.0299. The second-order valence-corrected chi connectivity index (χ2v) is 9.03. The average molecular weight is 441 g/mol. The van der Waals surface area contributed by atoms with Crippen LogP contribution in [-0.2, 0) is 16.6 Å². The maximum absolute atomic E-state index is 13.4. The Morgan fingerprint density at radius 2 is 1.67 bits per heavy atom. The number of sulfonamides is 1. The highest BCUT2D eigenvalue weighted by molar-refractivity contribution is 7.94. The van der Waals surface area contributed by atoms with E-state index in [-0.39, 0.29) is 22.9 Å². The molecule has 0 saturated heterocycles. The van der Waals surface area contributed by atoms with Crippen molar-refractivity contribution < 1.29 is 18.0 Å². The summed E-state index contributed by atoms with van der Waals surface area (Å²) in [6.45, 7) is 1.56. The predicted octanol–water partition coefficient (Wildman–Crippen LogP) is 4.88. The van der Waals surface area contributed by atoms with Gasteiger partial charge in [0, 0.05) is 10.6 Å². The van der Waals surface area contributed by atoms with Crippen LogP contribution in [0.15, 0.2) is 77.7 Å². The molecule has 4 rings (SSSR count). The van der Waals surface area contributed by atoms with Gasteiger partial charge in [-0.3, -0.25) is 9.69 Å². The maximum atomic E-state index is 13.4. The molecule has 0 bridgehead atoms. The van der Waals surface area contributed by atoms with Crippen molar-refractivity contribution in [3.05, 3.63) is 88.9 Å². The van der Waals surface area contributed by atoms with Crippen LogP contribution >= 0.6 is 11.6 Å². The molecule has 2 amide bonds. The molecule has 1 heterocycles. The summed E-state index contributed by atoms with van der Waals surface area (Å²) in [5, 5.41) is 0.523. The molecule has 6 nitrogen and oxygen atoms in total. The van der Waals surface area contributed by atoms with E-state index in [1.54, 1.807) is 36.4 Å². The van der Waals surface area contributed by atoms with Gasteiger partial charge >= 0.3 is 6.03 Å². The molecule has 30 heavy (non-hydrogen) atoms. The zero-order valence-electron chi connectivity index (χ0n) is 15.9. The molecule has 0 radical (unpaired) electrons. The number of halogens is 1. The molecule has 0 saturated carbocycles. The largest absolute Gasteiger partial charge is 0.343 e. The zero-order valence-corrected chi connectivity index (χ0v) is 17.5. The van der Waals surface area contributed by atoms with E-state index in [9.17, 15) is 18.0 Å². The Bertz CT molecular complexity index is 1260. The summed E-state index contributed by atoms with van der Waals surface area (Å²) < 4.78 is 27.3. The lowest BCUT2D eigenvalue weighted by Gasteiger charge is -2.36. The van der Waals surface area contributed by atoms with E-state index in [0.29, 0.717) is 16.3 Å². The number of fused-ring (bicyclic) bond motifs is 1. The smallest absolute Gasteiger partial charge is 0.295 e. The monoisotopic (exact) mass is 440 g/mol. The van der Waals surface area contributed by atoms with Crippen molar-refractivity contribution in [3.63, 3.8) is 0 Å². The molecule has 0 fully saturated rings. The first kappa shape index (κ1) is 20.1. The number of hydrogen-bond acceptors (Lipinski definition) is 4. The molecule has 8 heteroatoms. The van der Waals surface area contributed by atoms with Crippen molar-refractivity contribution in [1.29, 1.82) is 0 Å². The van der Waals surface area contributed by atoms with Gasteiger partial charge in [-0.05, 0) is 61.0 Å². The fourth-order valence-electron chi connectivity index (χ4n) is 3.36. The van der Waals surface area contributed by atoms with Crippen LogP contribution < -0.4 is 9.21 Å². The fourth-order valence-corrected chi connectivity index (χ4v) is 5.17. The normalized spacial score (nSPS) is 15.1. The highest BCUT2D eigenvalue weighted by Crippen LogP contribution is 2.38.